The van der Waals surface area contributed by atoms with E-state index in [0.717, 1.165) is 18.5 Å². The van der Waals surface area contributed by atoms with Crippen molar-refractivity contribution in [2.75, 3.05) is 6.54 Å². The average molecular weight is 302 g/mol. The molecule has 96 valence electrons. The van der Waals surface area contributed by atoms with Crippen molar-refractivity contribution in [1.29, 1.82) is 0 Å². The summed E-state index contributed by atoms with van der Waals surface area (Å²) in [5.41, 5.74) is 1.28. The van der Waals surface area contributed by atoms with E-state index in [9.17, 15) is 4.39 Å². The summed E-state index contributed by atoms with van der Waals surface area (Å²) in [6, 6.07) is 5.51. The third-order valence-corrected chi connectivity index (χ3v) is 3.99. The fraction of sp³-hybridized carbons (Fsp3) is 0.571. The molecule has 0 bridgehead atoms. The molecule has 1 nitrogen and oxygen atoms in total. The number of halogens is 2. The number of benzene rings is 1. The molecule has 1 atom stereocenters. The smallest absolute Gasteiger partial charge is 0.137 e. The van der Waals surface area contributed by atoms with Crippen molar-refractivity contribution in [2.45, 2.75) is 40.2 Å². The van der Waals surface area contributed by atoms with Crippen LogP contribution >= 0.6 is 15.9 Å². The molecule has 1 unspecified atom stereocenters. The van der Waals surface area contributed by atoms with Gasteiger partial charge in [-0.3, -0.25) is 0 Å². The van der Waals surface area contributed by atoms with E-state index < -0.39 is 0 Å². The van der Waals surface area contributed by atoms with E-state index in [0.29, 0.717) is 4.47 Å². The normalized spacial score (nSPS) is 13.8. The highest BCUT2D eigenvalue weighted by molar-refractivity contribution is 9.10. The molecule has 1 aromatic rings. The van der Waals surface area contributed by atoms with Gasteiger partial charge in [0, 0.05) is 6.04 Å². The van der Waals surface area contributed by atoms with Crippen LogP contribution in [0.2, 0.25) is 0 Å². The van der Waals surface area contributed by atoms with Crippen LogP contribution in [0.4, 0.5) is 4.39 Å². The number of hydrogen-bond donors (Lipinski definition) is 1. The summed E-state index contributed by atoms with van der Waals surface area (Å²) < 4.78 is 13.8. The molecule has 3 heteroatoms. The molecule has 17 heavy (non-hydrogen) atoms. The van der Waals surface area contributed by atoms with Crippen LogP contribution in [0.5, 0.6) is 0 Å². The maximum atomic E-state index is 13.3. The van der Waals surface area contributed by atoms with Crippen molar-refractivity contribution in [2.24, 2.45) is 5.41 Å². The van der Waals surface area contributed by atoms with E-state index in [1.165, 1.54) is 6.07 Å². The van der Waals surface area contributed by atoms with Gasteiger partial charge in [0.05, 0.1) is 4.47 Å². The third-order valence-electron chi connectivity index (χ3n) is 3.38. The maximum Gasteiger partial charge on any atom is 0.137 e. The standard InChI is InChI=1S/C14H21BrFN/c1-5-14(3,4)13(17-6-2)10-7-8-12(16)11(15)9-10/h7-9,13,17H,5-6H2,1-4H3. The van der Waals surface area contributed by atoms with Gasteiger partial charge >= 0.3 is 0 Å². The molecule has 0 aliphatic rings. The second kappa shape index (κ2) is 5.96. The van der Waals surface area contributed by atoms with Gasteiger partial charge in [-0.15, -0.1) is 0 Å². The maximum absolute atomic E-state index is 13.3. The largest absolute Gasteiger partial charge is 0.310 e. The SMILES string of the molecule is CCNC(c1ccc(F)c(Br)c1)C(C)(C)CC. The first-order chi connectivity index (χ1) is 7.92. The molecule has 0 aliphatic carbocycles. The molecular weight excluding hydrogens is 281 g/mol. The van der Waals surface area contributed by atoms with Crippen LogP contribution in [0.1, 0.15) is 45.7 Å². The third kappa shape index (κ3) is 3.52. The van der Waals surface area contributed by atoms with E-state index >= 15 is 0 Å². The molecular formula is C14H21BrFN. The summed E-state index contributed by atoms with van der Waals surface area (Å²) in [5.74, 6) is -0.210. The Morgan fingerprint density at radius 1 is 1.35 bits per heavy atom. The van der Waals surface area contributed by atoms with E-state index in [2.05, 4.69) is 48.9 Å². The van der Waals surface area contributed by atoms with Gasteiger partial charge in [-0.1, -0.05) is 33.8 Å². The predicted octanol–water partition coefficient (Wildman–Crippen LogP) is 4.68. The van der Waals surface area contributed by atoms with Gasteiger partial charge in [0.1, 0.15) is 5.82 Å². The molecule has 0 aliphatic heterocycles. The monoisotopic (exact) mass is 301 g/mol. The lowest BCUT2D eigenvalue weighted by Gasteiger charge is -2.34. The molecule has 0 radical (unpaired) electrons. The fourth-order valence-corrected chi connectivity index (χ4v) is 2.34. The lowest BCUT2D eigenvalue weighted by molar-refractivity contribution is 0.237. The van der Waals surface area contributed by atoms with Gasteiger partial charge in [0.25, 0.3) is 0 Å². The summed E-state index contributed by atoms with van der Waals surface area (Å²) in [5, 5.41) is 3.49. The van der Waals surface area contributed by atoms with Gasteiger partial charge < -0.3 is 5.32 Å². The van der Waals surface area contributed by atoms with Crippen LogP contribution in [0.15, 0.2) is 22.7 Å². The Kier molecular flexibility index (Phi) is 5.14. The topological polar surface area (TPSA) is 12.0 Å². The van der Waals surface area contributed by atoms with Gasteiger partial charge in [-0.05, 0) is 52.0 Å². The lowest BCUT2D eigenvalue weighted by Crippen LogP contribution is -2.33. The van der Waals surface area contributed by atoms with Crippen LogP contribution in [0.3, 0.4) is 0 Å². The first kappa shape index (κ1) is 14.7. The summed E-state index contributed by atoms with van der Waals surface area (Å²) in [6.07, 6.45) is 1.07. The van der Waals surface area contributed by atoms with Crippen LogP contribution in [-0.2, 0) is 0 Å². The molecule has 1 rings (SSSR count). The number of rotatable bonds is 5. The first-order valence-electron chi connectivity index (χ1n) is 6.10. The molecule has 0 saturated carbocycles. The molecule has 1 aromatic carbocycles. The predicted molar refractivity (Wildman–Crippen MR) is 74.6 cm³/mol. The molecule has 0 amide bonds. The Morgan fingerprint density at radius 2 is 2.00 bits per heavy atom. The summed E-state index contributed by atoms with van der Waals surface area (Å²) in [6.45, 7) is 9.65. The van der Waals surface area contributed by atoms with Crippen LogP contribution in [-0.4, -0.2) is 6.54 Å². The van der Waals surface area contributed by atoms with Gasteiger partial charge in [-0.25, -0.2) is 4.39 Å². The van der Waals surface area contributed by atoms with Gasteiger partial charge in [0.15, 0.2) is 0 Å². The first-order valence-corrected chi connectivity index (χ1v) is 6.90. The van der Waals surface area contributed by atoms with Gasteiger partial charge in [-0.2, -0.15) is 0 Å². The molecule has 0 saturated heterocycles. The zero-order valence-electron chi connectivity index (χ0n) is 11.0. The van der Waals surface area contributed by atoms with Crippen LogP contribution in [0.25, 0.3) is 0 Å². The average Bonchev–Trinajstić information content (AvgIpc) is 2.29. The Bertz CT molecular complexity index is 376. The molecule has 0 spiro atoms. The minimum Gasteiger partial charge on any atom is -0.310 e. The minimum absolute atomic E-state index is 0.146. The van der Waals surface area contributed by atoms with Crippen molar-refractivity contribution in [3.05, 3.63) is 34.1 Å². The van der Waals surface area contributed by atoms with E-state index in [1.54, 1.807) is 0 Å². The summed E-state index contributed by atoms with van der Waals surface area (Å²) in [7, 11) is 0. The zero-order valence-corrected chi connectivity index (χ0v) is 12.6. The summed E-state index contributed by atoms with van der Waals surface area (Å²) in [4.78, 5) is 0. The van der Waals surface area contributed by atoms with E-state index in [1.807, 2.05) is 12.1 Å². The van der Waals surface area contributed by atoms with Crippen molar-refractivity contribution in [3.8, 4) is 0 Å². The van der Waals surface area contributed by atoms with E-state index in [4.69, 9.17) is 0 Å². The van der Waals surface area contributed by atoms with Crippen molar-refractivity contribution in [1.82, 2.24) is 5.32 Å². The highest BCUT2D eigenvalue weighted by atomic mass is 79.9. The minimum atomic E-state index is -0.210. The van der Waals surface area contributed by atoms with Crippen LogP contribution < -0.4 is 5.32 Å². The molecule has 0 fully saturated rings. The number of hydrogen-bond acceptors (Lipinski definition) is 1. The van der Waals surface area contributed by atoms with Crippen molar-refractivity contribution >= 4 is 15.9 Å². The summed E-state index contributed by atoms with van der Waals surface area (Å²) >= 11 is 3.25. The van der Waals surface area contributed by atoms with Crippen molar-refractivity contribution < 1.29 is 4.39 Å². The molecule has 0 aromatic heterocycles. The molecule has 1 N–H and O–H groups in total. The quantitative estimate of drug-likeness (QED) is 0.833. The highest BCUT2D eigenvalue weighted by Gasteiger charge is 2.28. The Hall–Kier alpha value is -0.410. The van der Waals surface area contributed by atoms with Crippen LogP contribution in [0, 0.1) is 11.2 Å². The highest BCUT2D eigenvalue weighted by Crippen LogP contribution is 2.37. The second-order valence-electron chi connectivity index (χ2n) is 5.01. The van der Waals surface area contributed by atoms with Crippen molar-refractivity contribution in [3.63, 3.8) is 0 Å². The lowest BCUT2D eigenvalue weighted by atomic mass is 9.78. The second-order valence-corrected chi connectivity index (χ2v) is 5.86. The Morgan fingerprint density at radius 3 is 2.47 bits per heavy atom. The molecule has 0 heterocycles. The fourth-order valence-electron chi connectivity index (χ4n) is 1.95. The Labute approximate surface area is 112 Å². The number of nitrogens with one attached hydrogen (secondary N) is 1. The van der Waals surface area contributed by atoms with Gasteiger partial charge in [0.2, 0.25) is 0 Å². The Balaban J connectivity index is 3.09. The zero-order chi connectivity index (χ0) is 13.1. The van der Waals surface area contributed by atoms with E-state index in [-0.39, 0.29) is 17.3 Å².